The summed E-state index contributed by atoms with van der Waals surface area (Å²) in [5.41, 5.74) is 6.76. The van der Waals surface area contributed by atoms with Gasteiger partial charge in [-0.05, 0) is 26.3 Å². The van der Waals surface area contributed by atoms with Crippen molar-refractivity contribution in [3.05, 3.63) is 17.5 Å². The van der Waals surface area contributed by atoms with Gasteiger partial charge in [-0.15, -0.1) is 0 Å². The predicted octanol–water partition coefficient (Wildman–Crippen LogP) is 0.307. The molecule has 0 bridgehead atoms. The van der Waals surface area contributed by atoms with Crippen LogP contribution in [-0.2, 0) is 11.3 Å². The van der Waals surface area contributed by atoms with E-state index in [0.717, 1.165) is 12.1 Å². The molecular formula is C12H22N4O2. The van der Waals surface area contributed by atoms with Gasteiger partial charge in [-0.1, -0.05) is 0 Å². The van der Waals surface area contributed by atoms with Gasteiger partial charge in [0.15, 0.2) is 0 Å². The van der Waals surface area contributed by atoms with E-state index in [0.29, 0.717) is 38.5 Å². The topological polar surface area (TPSA) is 82.2 Å². The van der Waals surface area contributed by atoms with Crippen LogP contribution in [0.2, 0.25) is 0 Å². The maximum Gasteiger partial charge on any atom is 0.269 e. The Morgan fingerprint density at radius 2 is 2.33 bits per heavy atom. The van der Waals surface area contributed by atoms with Crippen molar-refractivity contribution >= 4 is 5.91 Å². The minimum atomic E-state index is -0.0868. The second-order valence-electron chi connectivity index (χ2n) is 4.00. The van der Waals surface area contributed by atoms with E-state index in [1.165, 1.54) is 0 Å². The van der Waals surface area contributed by atoms with Crippen molar-refractivity contribution in [2.75, 3.05) is 26.3 Å². The van der Waals surface area contributed by atoms with Crippen LogP contribution in [0.15, 0.2) is 6.07 Å². The fourth-order valence-electron chi connectivity index (χ4n) is 1.62. The van der Waals surface area contributed by atoms with E-state index in [1.807, 2.05) is 13.8 Å². The van der Waals surface area contributed by atoms with Gasteiger partial charge in [-0.25, -0.2) is 0 Å². The van der Waals surface area contributed by atoms with Crippen LogP contribution in [0.25, 0.3) is 0 Å². The van der Waals surface area contributed by atoms with Gasteiger partial charge in [0.05, 0.1) is 12.3 Å². The van der Waals surface area contributed by atoms with E-state index in [4.69, 9.17) is 10.5 Å². The van der Waals surface area contributed by atoms with Gasteiger partial charge in [-0.3, -0.25) is 9.48 Å². The lowest BCUT2D eigenvalue weighted by molar-refractivity contribution is 0.0932. The highest BCUT2D eigenvalue weighted by molar-refractivity contribution is 5.92. The molecule has 1 rings (SSSR count). The summed E-state index contributed by atoms with van der Waals surface area (Å²) < 4.78 is 6.93. The quantitative estimate of drug-likeness (QED) is 0.654. The standard InChI is InChI=1S/C12H22N4O2/c1-3-16-11(9-10(2)15-16)12(17)14-6-4-7-18-8-5-13/h9H,3-8,13H2,1-2H3,(H,14,17). The summed E-state index contributed by atoms with van der Waals surface area (Å²) >= 11 is 0. The summed E-state index contributed by atoms with van der Waals surface area (Å²) in [5, 5.41) is 7.09. The number of rotatable bonds is 8. The summed E-state index contributed by atoms with van der Waals surface area (Å²) in [6, 6.07) is 1.80. The molecule has 0 aromatic carbocycles. The molecular weight excluding hydrogens is 232 g/mol. The van der Waals surface area contributed by atoms with Crippen LogP contribution in [0.1, 0.15) is 29.5 Å². The number of nitrogens with two attached hydrogens (primary N) is 1. The van der Waals surface area contributed by atoms with Crippen LogP contribution in [0.4, 0.5) is 0 Å². The van der Waals surface area contributed by atoms with Crippen molar-refractivity contribution in [1.29, 1.82) is 0 Å². The molecule has 1 amide bonds. The van der Waals surface area contributed by atoms with Gasteiger partial charge in [0.2, 0.25) is 0 Å². The third kappa shape index (κ3) is 4.46. The van der Waals surface area contributed by atoms with Crippen LogP contribution >= 0.6 is 0 Å². The van der Waals surface area contributed by atoms with Crippen LogP contribution in [0.3, 0.4) is 0 Å². The first-order chi connectivity index (χ1) is 8.69. The van der Waals surface area contributed by atoms with Gasteiger partial charge in [0, 0.05) is 26.2 Å². The van der Waals surface area contributed by atoms with Gasteiger partial charge in [0.1, 0.15) is 5.69 Å². The molecule has 1 aromatic rings. The van der Waals surface area contributed by atoms with Crippen molar-refractivity contribution in [2.45, 2.75) is 26.8 Å². The van der Waals surface area contributed by atoms with E-state index >= 15 is 0 Å². The highest BCUT2D eigenvalue weighted by atomic mass is 16.5. The first kappa shape index (κ1) is 14.7. The fourth-order valence-corrected chi connectivity index (χ4v) is 1.62. The third-order valence-corrected chi connectivity index (χ3v) is 2.45. The molecule has 18 heavy (non-hydrogen) atoms. The molecule has 0 saturated heterocycles. The van der Waals surface area contributed by atoms with Crippen LogP contribution in [0, 0.1) is 6.92 Å². The number of hydrogen-bond donors (Lipinski definition) is 2. The van der Waals surface area contributed by atoms with E-state index in [2.05, 4.69) is 10.4 Å². The number of ether oxygens (including phenoxy) is 1. The maximum atomic E-state index is 11.9. The lowest BCUT2D eigenvalue weighted by Crippen LogP contribution is -2.27. The molecule has 6 nitrogen and oxygen atoms in total. The molecule has 0 fully saturated rings. The van der Waals surface area contributed by atoms with Crippen LogP contribution < -0.4 is 11.1 Å². The summed E-state index contributed by atoms with van der Waals surface area (Å²) in [6.45, 7) is 6.83. The number of hydrogen-bond acceptors (Lipinski definition) is 4. The average molecular weight is 254 g/mol. The lowest BCUT2D eigenvalue weighted by Gasteiger charge is -2.06. The highest BCUT2D eigenvalue weighted by Gasteiger charge is 2.11. The highest BCUT2D eigenvalue weighted by Crippen LogP contribution is 2.03. The molecule has 3 N–H and O–H groups in total. The summed E-state index contributed by atoms with van der Waals surface area (Å²) in [7, 11) is 0. The smallest absolute Gasteiger partial charge is 0.269 e. The number of carbonyl (C=O) groups excluding carboxylic acids is 1. The molecule has 0 aliphatic heterocycles. The molecule has 0 spiro atoms. The predicted molar refractivity (Wildman–Crippen MR) is 69.5 cm³/mol. The van der Waals surface area contributed by atoms with Crippen LogP contribution in [0.5, 0.6) is 0 Å². The Hall–Kier alpha value is -1.40. The van der Waals surface area contributed by atoms with Gasteiger partial charge < -0.3 is 15.8 Å². The Bertz CT molecular complexity index is 376. The Morgan fingerprint density at radius 1 is 1.56 bits per heavy atom. The Labute approximate surface area is 107 Å². The maximum absolute atomic E-state index is 11.9. The summed E-state index contributed by atoms with van der Waals surface area (Å²) in [5.74, 6) is -0.0868. The zero-order chi connectivity index (χ0) is 13.4. The van der Waals surface area contributed by atoms with Gasteiger partial charge >= 0.3 is 0 Å². The van der Waals surface area contributed by atoms with Crippen molar-refractivity contribution in [3.63, 3.8) is 0 Å². The molecule has 0 atom stereocenters. The number of nitrogens with one attached hydrogen (secondary N) is 1. The normalized spacial score (nSPS) is 10.6. The van der Waals surface area contributed by atoms with Gasteiger partial charge in [0.25, 0.3) is 5.91 Å². The molecule has 0 saturated carbocycles. The monoisotopic (exact) mass is 254 g/mol. The number of aryl methyl sites for hydroxylation is 2. The van der Waals surface area contributed by atoms with Crippen molar-refractivity contribution in [2.24, 2.45) is 5.73 Å². The molecule has 6 heteroatoms. The lowest BCUT2D eigenvalue weighted by atomic mass is 10.3. The molecule has 0 radical (unpaired) electrons. The number of carbonyl (C=O) groups is 1. The molecule has 0 unspecified atom stereocenters. The van der Waals surface area contributed by atoms with E-state index in [-0.39, 0.29) is 5.91 Å². The number of amides is 1. The zero-order valence-corrected chi connectivity index (χ0v) is 11.1. The Kier molecular flexibility index (Phi) is 6.38. The van der Waals surface area contributed by atoms with Crippen molar-refractivity contribution in [1.82, 2.24) is 15.1 Å². The average Bonchev–Trinajstić information content (AvgIpc) is 2.74. The molecule has 102 valence electrons. The second kappa shape index (κ2) is 7.84. The van der Waals surface area contributed by atoms with Crippen molar-refractivity contribution in [3.8, 4) is 0 Å². The minimum Gasteiger partial charge on any atom is -0.380 e. The molecule has 1 aromatic heterocycles. The van der Waals surface area contributed by atoms with Crippen molar-refractivity contribution < 1.29 is 9.53 Å². The SMILES string of the molecule is CCn1nc(C)cc1C(=O)NCCCOCCN. The zero-order valence-electron chi connectivity index (χ0n) is 11.1. The number of nitrogens with zero attached hydrogens (tertiary/aromatic N) is 2. The first-order valence-electron chi connectivity index (χ1n) is 6.29. The van der Waals surface area contributed by atoms with E-state index in [1.54, 1.807) is 10.7 Å². The van der Waals surface area contributed by atoms with Gasteiger partial charge in [-0.2, -0.15) is 5.10 Å². The number of aromatic nitrogens is 2. The fraction of sp³-hybridized carbons (Fsp3) is 0.667. The minimum absolute atomic E-state index is 0.0868. The van der Waals surface area contributed by atoms with E-state index < -0.39 is 0 Å². The molecule has 0 aliphatic carbocycles. The van der Waals surface area contributed by atoms with Crippen LogP contribution in [-0.4, -0.2) is 42.0 Å². The Morgan fingerprint density at radius 3 is 3.00 bits per heavy atom. The molecule has 1 heterocycles. The second-order valence-corrected chi connectivity index (χ2v) is 4.00. The Balaban J connectivity index is 2.32. The van der Waals surface area contributed by atoms with E-state index in [9.17, 15) is 4.79 Å². The summed E-state index contributed by atoms with van der Waals surface area (Å²) in [4.78, 5) is 11.9. The first-order valence-corrected chi connectivity index (χ1v) is 6.29. The third-order valence-electron chi connectivity index (χ3n) is 2.45. The largest absolute Gasteiger partial charge is 0.380 e. The molecule has 0 aliphatic rings. The summed E-state index contributed by atoms with van der Waals surface area (Å²) in [6.07, 6.45) is 0.783.